The van der Waals surface area contributed by atoms with E-state index in [1.54, 1.807) is 6.07 Å². The molecule has 7 heteroatoms. The second-order valence-electron chi connectivity index (χ2n) is 3.89. The van der Waals surface area contributed by atoms with Crippen molar-refractivity contribution < 1.29 is 0 Å². The Morgan fingerprint density at radius 3 is 2.94 bits per heavy atom. The van der Waals surface area contributed by atoms with E-state index in [4.69, 9.17) is 11.6 Å². The molecule has 1 atom stereocenters. The Hall–Kier alpha value is -1.43. The molecule has 0 aliphatic rings. The van der Waals surface area contributed by atoms with Crippen molar-refractivity contribution in [2.45, 2.75) is 19.9 Å². The molecule has 1 unspecified atom stereocenters. The molecule has 2 rings (SSSR count). The Labute approximate surface area is 98.0 Å². The third kappa shape index (κ3) is 2.21. The van der Waals surface area contributed by atoms with Gasteiger partial charge in [0, 0.05) is 11.9 Å². The summed E-state index contributed by atoms with van der Waals surface area (Å²) in [4.78, 5) is 0. The molecule has 0 aromatic carbocycles. The summed E-state index contributed by atoms with van der Waals surface area (Å²) in [5.41, 5.74) is 0.623. The summed E-state index contributed by atoms with van der Waals surface area (Å²) in [6.45, 7) is 4.21. The third-order valence-electron chi connectivity index (χ3n) is 2.37. The number of aromatic nitrogens is 5. The molecule has 0 amide bonds. The lowest BCUT2D eigenvalue weighted by atomic mass is 10.1. The minimum absolute atomic E-state index is 0.183. The zero-order valence-corrected chi connectivity index (χ0v) is 9.89. The molecule has 0 bridgehead atoms. The topological polar surface area (TPSA) is 68.0 Å². The first-order valence-electron chi connectivity index (χ1n) is 5.08. The second-order valence-corrected chi connectivity index (χ2v) is 4.20. The molecule has 0 spiro atoms. The van der Waals surface area contributed by atoms with Crippen molar-refractivity contribution in [3.8, 4) is 0 Å². The van der Waals surface area contributed by atoms with Crippen LogP contribution in [0.1, 0.15) is 13.8 Å². The van der Waals surface area contributed by atoms with E-state index in [2.05, 4.69) is 39.8 Å². The fraction of sp³-hybridized carbons (Fsp3) is 0.556. The van der Waals surface area contributed by atoms with E-state index in [-0.39, 0.29) is 6.04 Å². The number of alkyl halides is 1. The van der Waals surface area contributed by atoms with Gasteiger partial charge in [0.05, 0.1) is 0 Å². The number of nitrogens with one attached hydrogen (secondary N) is 1. The highest BCUT2D eigenvalue weighted by Crippen LogP contribution is 2.11. The van der Waals surface area contributed by atoms with Crippen molar-refractivity contribution in [3.63, 3.8) is 0 Å². The highest BCUT2D eigenvalue weighted by Gasteiger charge is 2.12. The van der Waals surface area contributed by atoms with Gasteiger partial charge < -0.3 is 5.32 Å². The number of anilines is 1. The van der Waals surface area contributed by atoms with Gasteiger partial charge in [-0.15, -0.1) is 26.4 Å². The summed E-state index contributed by atoms with van der Waals surface area (Å²) in [5.74, 6) is 1.69. The van der Waals surface area contributed by atoms with Gasteiger partial charge in [-0.3, -0.25) is 0 Å². The number of rotatable bonds is 4. The predicted octanol–water partition coefficient (Wildman–Crippen LogP) is 1.19. The lowest BCUT2D eigenvalue weighted by molar-refractivity contribution is 0.560. The lowest BCUT2D eigenvalue weighted by Gasteiger charge is -2.19. The van der Waals surface area contributed by atoms with Crippen molar-refractivity contribution in [1.82, 2.24) is 25.3 Å². The molecule has 0 saturated heterocycles. The standard InChI is InChI=1S/C9H13ClN6/c1-6(2)7(5-10)11-8-3-4-9-12-14-15-16(9)13-8/h3-4,6-7H,5H2,1-2H3,(H,11,13). The molecular formula is C9H13ClN6. The second kappa shape index (κ2) is 4.61. The molecule has 0 saturated carbocycles. The monoisotopic (exact) mass is 240 g/mol. The Morgan fingerprint density at radius 2 is 2.25 bits per heavy atom. The van der Waals surface area contributed by atoms with Crippen LogP contribution in [-0.2, 0) is 0 Å². The Balaban J connectivity index is 2.19. The average molecular weight is 241 g/mol. The van der Waals surface area contributed by atoms with Gasteiger partial charge in [0.25, 0.3) is 0 Å². The van der Waals surface area contributed by atoms with Crippen LogP contribution in [-0.4, -0.2) is 37.2 Å². The van der Waals surface area contributed by atoms with E-state index in [9.17, 15) is 0 Å². The maximum Gasteiger partial charge on any atom is 0.200 e. The van der Waals surface area contributed by atoms with Crippen LogP contribution in [0.15, 0.2) is 12.1 Å². The zero-order valence-electron chi connectivity index (χ0n) is 9.13. The van der Waals surface area contributed by atoms with Crippen molar-refractivity contribution in [2.24, 2.45) is 5.92 Å². The van der Waals surface area contributed by atoms with Crippen LogP contribution >= 0.6 is 11.6 Å². The van der Waals surface area contributed by atoms with Gasteiger partial charge in [0.2, 0.25) is 0 Å². The fourth-order valence-electron chi connectivity index (χ4n) is 1.30. The molecule has 6 nitrogen and oxygen atoms in total. The SMILES string of the molecule is CC(C)C(CCl)Nc1ccc2nnnn2n1. The molecule has 16 heavy (non-hydrogen) atoms. The number of nitrogens with zero attached hydrogens (tertiary/aromatic N) is 5. The van der Waals surface area contributed by atoms with Crippen LogP contribution in [0.5, 0.6) is 0 Å². The number of hydrogen-bond donors (Lipinski definition) is 1. The van der Waals surface area contributed by atoms with Crippen LogP contribution < -0.4 is 5.32 Å². The van der Waals surface area contributed by atoms with Gasteiger partial charge in [0.1, 0.15) is 5.82 Å². The fourth-order valence-corrected chi connectivity index (χ4v) is 1.73. The van der Waals surface area contributed by atoms with E-state index >= 15 is 0 Å². The largest absolute Gasteiger partial charge is 0.364 e. The smallest absolute Gasteiger partial charge is 0.200 e. The molecule has 0 aliphatic heterocycles. The first kappa shape index (κ1) is 11.1. The lowest BCUT2D eigenvalue weighted by Crippen LogP contribution is -2.28. The zero-order chi connectivity index (χ0) is 11.5. The molecule has 0 radical (unpaired) electrons. The first-order chi connectivity index (χ1) is 7.70. The molecule has 86 valence electrons. The van der Waals surface area contributed by atoms with Gasteiger partial charge in [-0.05, 0) is 28.5 Å². The Bertz CT molecular complexity index is 468. The summed E-state index contributed by atoms with van der Waals surface area (Å²) in [5, 5.41) is 18.5. The predicted molar refractivity (Wildman–Crippen MR) is 61.5 cm³/mol. The maximum atomic E-state index is 5.87. The van der Waals surface area contributed by atoms with Crippen LogP contribution in [0.4, 0.5) is 5.82 Å². The summed E-state index contributed by atoms with van der Waals surface area (Å²) in [7, 11) is 0. The molecule has 2 aromatic rings. The average Bonchev–Trinajstić information content (AvgIpc) is 2.72. The summed E-state index contributed by atoms with van der Waals surface area (Å²) < 4.78 is 1.38. The van der Waals surface area contributed by atoms with Gasteiger partial charge in [-0.1, -0.05) is 13.8 Å². The van der Waals surface area contributed by atoms with Crippen molar-refractivity contribution in [3.05, 3.63) is 12.1 Å². The number of hydrogen-bond acceptors (Lipinski definition) is 5. The first-order valence-corrected chi connectivity index (χ1v) is 5.62. The molecule has 0 aliphatic carbocycles. The number of halogens is 1. The van der Waals surface area contributed by atoms with Crippen molar-refractivity contribution in [1.29, 1.82) is 0 Å². The molecule has 2 aromatic heterocycles. The van der Waals surface area contributed by atoms with E-state index in [0.29, 0.717) is 17.4 Å². The van der Waals surface area contributed by atoms with Crippen LogP contribution in [0.2, 0.25) is 0 Å². The molecule has 2 heterocycles. The third-order valence-corrected chi connectivity index (χ3v) is 2.71. The normalized spacial score (nSPS) is 13.2. The molecule has 0 fully saturated rings. The highest BCUT2D eigenvalue weighted by atomic mass is 35.5. The number of fused-ring (bicyclic) bond motifs is 1. The van der Waals surface area contributed by atoms with Crippen LogP contribution in [0.3, 0.4) is 0 Å². The minimum atomic E-state index is 0.183. The van der Waals surface area contributed by atoms with E-state index in [1.807, 2.05) is 6.07 Å². The summed E-state index contributed by atoms with van der Waals surface area (Å²) in [6.07, 6.45) is 0. The summed E-state index contributed by atoms with van der Waals surface area (Å²) in [6, 6.07) is 3.83. The maximum absolute atomic E-state index is 5.87. The van der Waals surface area contributed by atoms with Crippen molar-refractivity contribution in [2.75, 3.05) is 11.2 Å². The van der Waals surface area contributed by atoms with E-state index in [1.165, 1.54) is 4.63 Å². The van der Waals surface area contributed by atoms with Gasteiger partial charge in [-0.25, -0.2) is 0 Å². The van der Waals surface area contributed by atoms with E-state index < -0.39 is 0 Å². The minimum Gasteiger partial charge on any atom is -0.364 e. The Morgan fingerprint density at radius 1 is 1.44 bits per heavy atom. The van der Waals surface area contributed by atoms with E-state index in [0.717, 1.165) is 5.82 Å². The summed E-state index contributed by atoms with van der Waals surface area (Å²) >= 11 is 5.87. The van der Waals surface area contributed by atoms with Crippen LogP contribution in [0.25, 0.3) is 5.65 Å². The van der Waals surface area contributed by atoms with Gasteiger partial charge >= 0.3 is 0 Å². The molecular weight excluding hydrogens is 228 g/mol. The van der Waals surface area contributed by atoms with Crippen LogP contribution in [0, 0.1) is 5.92 Å². The number of tetrazole rings is 1. The molecule has 1 N–H and O–H groups in total. The van der Waals surface area contributed by atoms with Gasteiger partial charge in [-0.2, -0.15) is 0 Å². The Kier molecular flexibility index (Phi) is 3.19. The van der Waals surface area contributed by atoms with Gasteiger partial charge in [0.15, 0.2) is 5.65 Å². The quantitative estimate of drug-likeness (QED) is 0.814. The van der Waals surface area contributed by atoms with Crippen molar-refractivity contribution >= 4 is 23.1 Å². The highest BCUT2D eigenvalue weighted by molar-refractivity contribution is 6.18.